The van der Waals surface area contributed by atoms with E-state index in [0.29, 0.717) is 16.1 Å². The van der Waals surface area contributed by atoms with Crippen molar-refractivity contribution in [1.82, 2.24) is 4.98 Å². The van der Waals surface area contributed by atoms with Crippen LogP contribution in [0, 0.1) is 0 Å². The molecule has 1 atom stereocenters. The van der Waals surface area contributed by atoms with Crippen LogP contribution in [-0.2, 0) is 4.79 Å². The highest BCUT2D eigenvalue weighted by molar-refractivity contribution is 6.30. The fraction of sp³-hybridized carbons (Fsp3) is 0.0952. The minimum absolute atomic E-state index is 0.0604. The van der Waals surface area contributed by atoms with Gasteiger partial charge < -0.3 is 9.84 Å². The van der Waals surface area contributed by atoms with Gasteiger partial charge in [-0.1, -0.05) is 17.7 Å². The number of halogens is 1. The number of fused-ring (bicyclic) bond motifs is 1. The first-order chi connectivity index (χ1) is 13.0. The van der Waals surface area contributed by atoms with Crippen molar-refractivity contribution < 1.29 is 19.4 Å². The fourth-order valence-corrected chi connectivity index (χ4v) is 3.38. The van der Waals surface area contributed by atoms with Gasteiger partial charge in [0, 0.05) is 34.5 Å². The largest absolute Gasteiger partial charge is 0.507 e. The second-order valence-electron chi connectivity index (χ2n) is 6.23. The van der Waals surface area contributed by atoms with Crippen molar-refractivity contribution in [2.24, 2.45) is 0 Å². The molecule has 27 heavy (non-hydrogen) atoms. The van der Waals surface area contributed by atoms with Crippen LogP contribution in [0.2, 0.25) is 5.02 Å². The van der Waals surface area contributed by atoms with Gasteiger partial charge in [-0.3, -0.25) is 14.6 Å². The number of nitrogens with zero attached hydrogens (tertiary/aromatic N) is 1. The van der Waals surface area contributed by atoms with E-state index in [1.54, 1.807) is 48.8 Å². The number of benzene rings is 2. The van der Waals surface area contributed by atoms with Crippen LogP contribution in [0.4, 0.5) is 0 Å². The van der Waals surface area contributed by atoms with E-state index in [4.69, 9.17) is 16.3 Å². The number of aromatic nitrogens is 1. The van der Waals surface area contributed by atoms with Crippen LogP contribution in [0.3, 0.4) is 0 Å². The first-order valence-electron chi connectivity index (χ1n) is 8.31. The van der Waals surface area contributed by atoms with E-state index in [9.17, 15) is 14.7 Å². The van der Waals surface area contributed by atoms with Crippen LogP contribution in [0.25, 0.3) is 0 Å². The van der Waals surface area contributed by atoms with Gasteiger partial charge in [-0.05, 0) is 48.0 Å². The molecule has 0 amide bonds. The van der Waals surface area contributed by atoms with Gasteiger partial charge in [0.25, 0.3) is 0 Å². The van der Waals surface area contributed by atoms with E-state index < -0.39 is 11.9 Å². The topological polar surface area (TPSA) is 76.5 Å². The highest BCUT2D eigenvalue weighted by Gasteiger charge is 2.33. The Balaban J connectivity index is 1.83. The van der Waals surface area contributed by atoms with Crippen molar-refractivity contribution in [1.29, 1.82) is 0 Å². The third kappa shape index (κ3) is 3.17. The lowest BCUT2D eigenvalue weighted by Crippen LogP contribution is -2.22. The maximum absolute atomic E-state index is 12.8. The summed E-state index contributed by atoms with van der Waals surface area (Å²) in [5.41, 5.74) is 1.73. The summed E-state index contributed by atoms with van der Waals surface area (Å²) < 4.78 is 5.27. The minimum atomic E-state index is -0.437. The molecule has 134 valence electrons. The van der Waals surface area contributed by atoms with Crippen molar-refractivity contribution >= 4 is 23.4 Å². The number of aromatic hydroxyl groups is 1. The third-order valence-electron chi connectivity index (χ3n) is 4.56. The van der Waals surface area contributed by atoms with Crippen molar-refractivity contribution in [3.05, 3.63) is 88.2 Å². The molecule has 2 heterocycles. The molecule has 1 N–H and O–H groups in total. The lowest BCUT2D eigenvalue weighted by atomic mass is 9.84. The standard InChI is InChI=1S/C21H14ClNO4/c22-14-5-3-12(4-6-14)20(25)15-7-8-17-19(21(15)26)16(10-18(24)27-17)13-2-1-9-23-11-13/h1-9,11,16,26H,10H2/t16-/m0/s1. The van der Waals surface area contributed by atoms with Crippen molar-refractivity contribution in [3.63, 3.8) is 0 Å². The van der Waals surface area contributed by atoms with Gasteiger partial charge in [0.05, 0.1) is 12.0 Å². The summed E-state index contributed by atoms with van der Waals surface area (Å²) in [5.74, 6) is -1.10. The second kappa shape index (κ2) is 6.85. The summed E-state index contributed by atoms with van der Waals surface area (Å²) in [7, 11) is 0. The highest BCUT2D eigenvalue weighted by Crippen LogP contribution is 2.45. The Morgan fingerprint density at radius 3 is 2.63 bits per heavy atom. The number of rotatable bonds is 3. The van der Waals surface area contributed by atoms with E-state index in [1.165, 1.54) is 6.07 Å². The molecule has 6 heteroatoms. The van der Waals surface area contributed by atoms with Crippen LogP contribution in [-0.4, -0.2) is 21.8 Å². The molecule has 0 aliphatic carbocycles. The molecule has 0 saturated heterocycles. The Morgan fingerprint density at radius 2 is 1.93 bits per heavy atom. The molecule has 5 nitrogen and oxygen atoms in total. The summed E-state index contributed by atoms with van der Waals surface area (Å²) in [6.45, 7) is 0. The molecular weight excluding hydrogens is 366 g/mol. The predicted molar refractivity (Wildman–Crippen MR) is 99.3 cm³/mol. The van der Waals surface area contributed by atoms with Crippen LogP contribution in [0.5, 0.6) is 11.5 Å². The number of carbonyl (C=O) groups excluding carboxylic acids is 2. The molecule has 0 bridgehead atoms. The number of pyridine rings is 1. The molecule has 1 aliphatic rings. The minimum Gasteiger partial charge on any atom is -0.507 e. The summed E-state index contributed by atoms with van der Waals surface area (Å²) >= 11 is 5.87. The third-order valence-corrected chi connectivity index (χ3v) is 4.81. The monoisotopic (exact) mass is 379 g/mol. The van der Waals surface area contributed by atoms with Crippen LogP contribution in [0.15, 0.2) is 60.9 Å². The normalized spacial score (nSPS) is 15.7. The van der Waals surface area contributed by atoms with Crippen molar-refractivity contribution in [2.45, 2.75) is 12.3 Å². The number of phenols is 1. The van der Waals surface area contributed by atoms with E-state index in [0.717, 1.165) is 5.56 Å². The average Bonchev–Trinajstić information content (AvgIpc) is 2.68. The van der Waals surface area contributed by atoms with Gasteiger partial charge in [-0.15, -0.1) is 0 Å². The number of phenolic OH excluding ortho intramolecular Hbond substituents is 1. The van der Waals surface area contributed by atoms with Gasteiger partial charge in [0.15, 0.2) is 5.78 Å². The van der Waals surface area contributed by atoms with Crippen LogP contribution in [0.1, 0.15) is 39.4 Å². The van der Waals surface area contributed by atoms with Gasteiger partial charge >= 0.3 is 5.97 Å². The maximum Gasteiger partial charge on any atom is 0.312 e. The number of ketones is 1. The van der Waals surface area contributed by atoms with E-state index in [-0.39, 0.29) is 29.3 Å². The molecular formula is C21H14ClNO4. The van der Waals surface area contributed by atoms with Gasteiger partial charge in [-0.2, -0.15) is 0 Å². The predicted octanol–water partition coefficient (Wildman–Crippen LogP) is 4.11. The molecule has 0 radical (unpaired) electrons. The average molecular weight is 380 g/mol. The smallest absolute Gasteiger partial charge is 0.312 e. The zero-order valence-corrected chi connectivity index (χ0v) is 14.8. The number of hydrogen-bond acceptors (Lipinski definition) is 5. The van der Waals surface area contributed by atoms with Crippen molar-refractivity contribution in [2.75, 3.05) is 0 Å². The van der Waals surface area contributed by atoms with Gasteiger partial charge in [0.1, 0.15) is 11.5 Å². The summed E-state index contributed by atoms with van der Waals surface area (Å²) in [5, 5.41) is 11.4. The first-order valence-corrected chi connectivity index (χ1v) is 8.69. The van der Waals surface area contributed by atoms with E-state index >= 15 is 0 Å². The van der Waals surface area contributed by atoms with E-state index in [1.807, 2.05) is 6.07 Å². The number of ether oxygens (including phenoxy) is 1. The first kappa shape index (κ1) is 17.2. The Labute approximate surface area is 160 Å². The number of hydrogen-bond donors (Lipinski definition) is 1. The zero-order chi connectivity index (χ0) is 19.0. The molecule has 3 aromatic rings. The second-order valence-corrected chi connectivity index (χ2v) is 6.66. The SMILES string of the molecule is O=C1C[C@@H](c2cccnc2)c2c(ccc(C(=O)c3ccc(Cl)cc3)c2O)O1. The summed E-state index contributed by atoms with van der Waals surface area (Å²) in [6.07, 6.45) is 3.33. The molecule has 1 aliphatic heterocycles. The molecule has 4 rings (SSSR count). The quantitative estimate of drug-likeness (QED) is 0.421. The fourth-order valence-electron chi connectivity index (χ4n) is 3.25. The highest BCUT2D eigenvalue weighted by atomic mass is 35.5. The molecule has 1 aromatic heterocycles. The molecule has 0 spiro atoms. The number of esters is 1. The lowest BCUT2D eigenvalue weighted by Gasteiger charge is -2.26. The number of carbonyl (C=O) groups is 2. The Bertz CT molecular complexity index is 1030. The molecule has 0 unspecified atom stereocenters. The summed E-state index contributed by atoms with van der Waals surface area (Å²) in [4.78, 5) is 28.9. The van der Waals surface area contributed by atoms with Crippen LogP contribution >= 0.6 is 11.6 Å². The Morgan fingerprint density at radius 1 is 1.15 bits per heavy atom. The summed E-state index contributed by atoms with van der Waals surface area (Å²) in [6, 6.07) is 13.0. The molecule has 2 aromatic carbocycles. The van der Waals surface area contributed by atoms with Gasteiger partial charge in [-0.25, -0.2) is 0 Å². The zero-order valence-electron chi connectivity index (χ0n) is 14.1. The van der Waals surface area contributed by atoms with Crippen LogP contribution < -0.4 is 4.74 Å². The van der Waals surface area contributed by atoms with Crippen molar-refractivity contribution in [3.8, 4) is 11.5 Å². The Kier molecular flexibility index (Phi) is 4.38. The van der Waals surface area contributed by atoms with Gasteiger partial charge in [0.2, 0.25) is 0 Å². The Hall–Kier alpha value is -3.18. The van der Waals surface area contributed by atoms with E-state index in [2.05, 4.69) is 4.98 Å². The maximum atomic E-state index is 12.8. The molecule has 0 saturated carbocycles. The lowest BCUT2D eigenvalue weighted by molar-refractivity contribution is -0.135. The molecule has 0 fully saturated rings.